The van der Waals surface area contributed by atoms with E-state index in [1.807, 2.05) is 18.2 Å². The van der Waals surface area contributed by atoms with Gasteiger partial charge in [-0.15, -0.1) is 0 Å². The van der Waals surface area contributed by atoms with Crippen LogP contribution in [0.4, 0.5) is 6.01 Å². The van der Waals surface area contributed by atoms with Crippen LogP contribution in [0.25, 0.3) is 17.0 Å². The van der Waals surface area contributed by atoms with E-state index in [0.29, 0.717) is 16.6 Å². The SMILES string of the molecule is Nc1ncc(-c2cc(CN3CCOCC3)cc(-n3c(Cl)cccc3=O)c2)o1. The van der Waals surface area contributed by atoms with Crippen molar-refractivity contribution >= 4 is 17.6 Å². The van der Waals surface area contributed by atoms with Gasteiger partial charge < -0.3 is 14.9 Å². The molecule has 1 aliphatic heterocycles. The topological polar surface area (TPSA) is 86.5 Å². The van der Waals surface area contributed by atoms with Crippen LogP contribution in [0.5, 0.6) is 0 Å². The zero-order valence-electron chi connectivity index (χ0n) is 14.6. The van der Waals surface area contributed by atoms with Crippen molar-refractivity contribution in [2.45, 2.75) is 6.54 Å². The molecule has 0 spiro atoms. The molecule has 140 valence electrons. The van der Waals surface area contributed by atoms with Crippen LogP contribution in [0, 0.1) is 0 Å². The Kier molecular flexibility index (Phi) is 4.98. The van der Waals surface area contributed by atoms with Gasteiger partial charge in [-0.3, -0.25) is 14.3 Å². The Hall–Kier alpha value is -2.61. The Morgan fingerprint density at radius 1 is 1.19 bits per heavy atom. The van der Waals surface area contributed by atoms with Gasteiger partial charge in [0.2, 0.25) is 0 Å². The molecule has 7 nitrogen and oxygen atoms in total. The number of rotatable bonds is 4. The van der Waals surface area contributed by atoms with E-state index in [4.69, 9.17) is 26.5 Å². The Bertz CT molecular complexity index is 1010. The lowest BCUT2D eigenvalue weighted by Crippen LogP contribution is -2.35. The molecular formula is C19H19ClN4O3. The van der Waals surface area contributed by atoms with Gasteiger partial charge in [0.25, 0.3) is 11.6 Å². The van der Waals surface area contributed by atoms with E-state index in [9.17, 15) is 4.79 Å². The molecule has 27 heavy (non-hydrogen) atoms. The highest BCUT2D eigenvalue weighted by molar-refractivity contribution is 6.29. The van der Waals surface area contributed by atoms with Gasteiger partial charge in [0.1, 0.15) is 5.15 Å². The molecule has 3 aromatic rings. The number of hydrogen-bond acceptors (Lipinski definition) is 6. The van der Waals surface area contributed by atoms with Crippen LogP contribution >= 0.6 is 11.6 Å². The summed E-state index contributed by atoms with van der Waals surface area (Å²) < 4.78 is 12.4. The molecule has 2 N–H and O–H groups in total. The zero-order chi connectivity index (χ0) is 18.8. The first-order valence-electron chi connectivity index (χ1n) is 8.64. The highest BCUT2D eigenvalue weighted by Crippen LogP contribution is 2.27. The zero-order valence-corrected chi connectivity index (χ0v) is 15.4. The molecule has 0 amide bonds. The summed E-state index contributed by atoms with van der Waals surface area (Å²) >= 11 is 6.29. The molecule has 3 heterocycles. The van der Waals surface area contributed by atoms with Crippen LogP contribution in [0.2, 0.25) is 5.15 Å². The summed E-state index contributed by atoms with van der Waals surface area (Å²) in [6.07, 6.45) is 1.57. The maximum atomic E-state index is 12.4. The largest absolute Gasteiger partial charge is 0.424 e. The molecular weight excluding hydrogens is 368 g/mol. The monoisotopic (exact) mass is 386 g/mol. The van der Waals surface area contributed by atoms with E-state index in [1.54, 1.807) is 18.3 Å². The highest BCUT2D eigenvalue weighted by atomic mass is 35.5. The number of nitrogens with two attached hydrogens (primary N) is 1. The van der Waals surface area contributed by atoms with Gasteiger partial charge in [0.05, 0.1) is 25.1 Å². The van der Waals surface area contributed by atoms with Crippen molar-refractivity contribution in [3.05, 3.63) is 63.7 Å². The number of ether oxygens (including phenoxy) is 1. The fraction of sp³-hybridized carbons (Fsp3) is 0.263. The van der Waals surface area contributed by atoms with Gasteiger partial charge in [0.15, 0.2) is 5.76 Å². The van der Waals surface area contributed by atoms with Crippen molar-refractivity contribution < 1.29 is 9.15 Å². The molecule has 1 saturated heterocycles. The van der Waals surface area contributed by atoms with Gasteiger partial charge in [-0.2, -0.15) is 0 Å². The summed E-state index contributed by atoms with van der Waals surface area (Å²) in [6.45, 7) is 3.89. The maximum Gasteiger partial charge on any atom is 0.292 e. The summed E-state index contributed by atoms with van der Waals surface area (Å²) in [7, 11) is 0. The number of nitrogen functional groups attached to an aromatic ring is 1. The minimum Gasteiger partial charge on any atom is -0.424 e. The second kappa shape index (κ2) is 7.56. The summed E-state index contributed by atoms with van der Waals surface area (Å²) in [5.74, 6) is 0.540. The summed E-state index contributed by atoms with van der Waals surface area (Å²) in [6, 6.07) is 10.7. The standard InChI is InChI=1S/C19H19ClN4O3/c20-17-2-1-3-18(25)24(17)15-9-13(12-23-4-6-26-7-5-23)8-14(10-15)16-11-22-19(21)27-16/h1-3,8-11H,4-7,12H2,(H2,21,22). The Balaban J connectivity index is 1.80. The Morgan fingerprint density at radius 3 is 2.70 bits per heavy atom. The molecule has 4 rings (SSSR count). The van der Waals surface area contributed by atoms with Crippen molar-refractivity contribution in [3.63, 3.8) is 0 Å². The molecule has 0 aliphatic carbocycles. The fourth-order valence-corrected chi connectivity index (χ4v) is 3.44. The third-order valence-corrected chi connectivity index (χ3v) is 4.76. The average Bonchev–Trinajstić information content (AvgIpc) is 3.09. The lowest BCUT2D eigenvalue weighted by molar-refractivity contribution is 0.0342. The molecule has 0 radical (unpaired) electrons. The summed E-state index contributed by atoms with van der Waals surface area (Å²) in [5.41, 5.74) is 7.91. The number of hydrogen-bond donors (Lipinski definition) is 1. The molecule has 1 aromatic carbocycles. The fourth-order valence-electron chi connectivity index (χ4n) is 3.19. The Morgan fingerprint density at radius 2 is 2.00 bits per heavy atom. The van der Waals surface area contributed by atoms with E-state index < -0.39 is 0 Å². The van der Waals surface area contributed by atoms with Gasteiger partial charge in [-0.1, -0.05) is 17.7 Å². The number of halogens is 1. The van der Waals surface area contributed by atoms with E-state index in [0.717, 1.165) is 44.0 Å². The molecule has 0 saturated carbocycles. The number of morpholine rings is 1. The number of oxazole rings is 1. The van der Waals surface area contributed by atoms with Crippen LogP contribution in [-0.4, -0.2) is 40.8 Å². The van der Waals surface area contributed by atoms with Gasteiger partial charge in [-0.25, -0.2) is 4.98 Å². The van der Waals surface area contributed by atoms with E-state index >= 15 is 0 Å². The lowest BCUT2D eigenvalue weighted by Gasteiger charge is -2.27. The van der Waals surface area contributed by atoms with Crippen molar-refractivity contribution in [2.75, 3.05) is 32.0 Å². The smallest absolute Gasteiger partial charge is 0.292 e. The van der Waals surface area contributed by atoms with Gasteiger partial charge in [0, 0.05) is 31.3 Å². The number of benzene rings is 1. The van der Waals surface area contributed by atoms with Crippen molar-refractivity contribution in [1.82, 2.24) is 14.5 Å². The van der Waals surface area contributed by atoms with E-state index in [-0.39, 0.29) is 11.6 Å². The molecule has 0 bridgehead atoms. The van der Waals surface area contributed by atoms with E-state index in [2.05, 4.69) is 9.88 Å². The van der Waals surface area contributed by atoms with Crippen molar-refractivity contribution in [3.8, 4) is 17.0 Å². The normalized spacial score (nSPS) is 15.1. The lowest BCUT2D eigenvalue weighted by atomic mass is 10.1. The predicted octanol–water partition coefficient (Wildman–Crippen LogP) is 2.56. The second-order valence-corrected chi connectivity index (χ2v) is 6.75. The van der Waals surface area contributed by atoms with Crippen LogP contribution < -0.4 is 11.3 Å². The number of aromatic nitrogens is 2. The molecule has 8 heteroatoms. The van der Waals surface area contributed by atoms with Crippen LogP contribution in [-0.2, 0) is 11.3 Å². The number of nitrogens with zero attached hydrogens (tertiary/aromatic N) is 3. The third-order valence-electron chi connectivity index (χ3n) is 4.46. The minimum atomic E-state index is -0.200. The predicted molar refractivity (Wildman–Crippen MR) is 103 cm³/mol. The first-order valence-corrected chi connectivity index (χ1v) is 9.01. The molecule has 0 atom stereocenters. The summed E-state index contributed by atoms with van der Waals surface area (Å²) in [5, 5.41) is 0.342. The Labute approximate surface area is 160 Å². The molecule has 1 fully saturated rings. The van der Waals surface area contributed by atoms with Gasteiger partial charge in [-0.05, 0) is 29.8 Å². The van der Waals surface area contributed by atoms with Crippen molar-refractivity contribution in [1.29, 1.82) is 0 Å². The van der Waals surface area contributed by atoms with Crippen LogP contribution in [0.15, 0.2) is 51.8 Å². The number of anilines is 1. The van der Waals surface area contributed by atoms with Crippen LogP contribution in [0.3, 0.4) is 0 Å². The number of pyridine rings is 1. The molecule has 2 aromatic heterocycles. The third kappa shape index (κ3) is 3.90. The first-order chi connectivity index (χ1) is 13.1. The average molecular weight is 387 g/mol. The quantitative estimate of drug-likeness (QED) is 0.693. The van der Waals surface area contributed by atoms with Crippen molar-refractivity contribution in [2.24, 2.45) is 0 Å². The summed E-state index contributed by atoms with van der Waals surface area (Å²) in [4.78, 5) is 18.7. The van der Waals surface area contributed by atoms with Gasteiger partial charge >= 0.3 is 0 Å². The highest BCUT2D eigenvalue weighted by Gasteiger charge is 2.15. The second-order valence-electron chi connectivity index (χ2n) is 6.36. The first kappa shape index (κ1) is 17.8. The minimum absolute atomic E-state index is 0.0973. The molecule has 1 aliphatic rings. The van der Waals surface area contributed by atoms with Crippen LogP contribution in [0.1, 0.15) is 5.56 Å². The van der Waals surface area contributed by atoms with E-state index in [1.165, 1.54) is 10.6 Å². The maximum absolute atomic E-state index is 12.4. The molecule has 0 unspecified atom stereocenters.